The van der Waals surface area contributed by atoms with Crippen molar-refractivity contribution in [3.63, 3.8) is 0 Å². The van der Waals surface area contributed by atoms with Crippen LogP contribution < -0.4 is 5.32 Å². The van der Waals surface area contributed by atoms with Crippen molar-refractivity contribution in [2.45, 2.75) is 83.8 Å². The molecule has 4 aliphatic carbocycles. The smallest absolute Gasteiger partial charge is 0.144 e. The molecular weight excluding hydrogens is 348 g/mol. The molecule has 0 bridgehead atoms. The SMILES string of the molecule is C[C@@H]1CC2CC(O[C@@H]3CCNC3)CC[C@]2(C)[C@H]2CC[C@]3(C=N)C(=O)CC[C@H]3[C@H]12. The van der Waals surface area contributed by atoms with Crippen molar-refractivity contribution in [1.29, 1.82) is 5.41 Å². The number of fused-ring (bicyclic) bond motifs is 5. The number of ketones is 1. The van der Waals surface area contributed by atoms with Crippen LogP contribution in [-0.2, 0) is 9.53 Å². The molecule has 0 aromatic rings. The highest BCUT2D eigenvalue weighted by Crippen LogP contribution is 2.66. The van der Waals surface area contributed by atoms with Crippen LogP contribution >= 0.6 is 0 Å². The van der Waals surface area contributed by atoms with E-state index in [-0.39, 0.29) is 0 Å². The molecule has 5 aliphatic rings. The minimum absolute atomic E-state index is 0.368. The Bertz CT molecular complexity index is 645. The highest BCUT2D eigenvalue weighted by Gasteiger charge is 2.63. The van der Waals surface area contributed by atoms with Gasteiger partial charge < -0.3 is 15.5 Å². The molecule has 1 saturated heterocycles. The molecule has 156 valence electrons. The van der Waals surface area contributed by atoms with E-state index in [1.165, 1.54) is 32.1 Å². The molecule has 5 rings (SSSR count). The third-order valence-corrected chi connectivity index (χ3v) is 9.96. The second kappa shape index (κ2) is 6.91. The molecule has 1 aliphatic heterocycles. The van der Waals surface area contributed by atoms with Crippen molar-refractivity contribution >= 4 is 12.0 Å². The second-order valence-corrected chi connectivity index (χ2v) is 11.0. The van der Waals surface area contributed by atoms with E-state index in [2.05, 4.69) is 19.2 Å². The van der Waals surface area contributed by atoms with Gasteiger partial charge in [-0.15, -0.1) is 0 Å². The van der Waals surface area contributed by atoms with Crippen LogP contribution in [0.1, 0.15) is 71.6 Å². The second-order valence-electron chi connectivity index (χ2n) is 11.0. The lowest BCUT2D eigenvalue weighted by Crippen LogP contribution is -2.57. The van der Waals surface area contributed by atoms with Gasteiger partial charge in [-0.1, -0.05) is 13.8 Å². The Morgan fingerprint density at radius 3 is 2.71 bits per heavy atom. The van der Waals surface area contributed by atoms with Gasteiger partial charge in [0.2, 0.25) is 0 Å². The molecule has 2 N–H and O–H groups in total. The average Bonchev–Trinajstić information content (AvgIpc) is 3.31. The summed E-state index contributed by atoms with van der Waals surface area (Å²) < 4.78 is 6.50. The summed E-state index contributed by atoms with van der Waals surface area (Å²) in [7, 11) is 0. The Kier molecular flexibility index (Phi) is 4.74. The van der Waals surface area contributed by atoms with Crippen LogP contribution in [0.5, 0.6) is 0 Å². The third-order valence-electron chi connectivity index (χ3n) is 9.96. The molecular formula is C24H38N2O2. The zero-order valence-corrected chi connectivity index (χ0v) is 17.7. The van der Waals surface area contributed by atoms with E-state index < -0.39 is 5.41 Å². The van der Waals surface area contributed by atoms with E-state index in [9.17, 15) is 4.79 Å². The largest absolute Gasteiger partial charge is 0.374 e. The Labute approximate surface area is 170 Å². The van der Waals surface area contributed by atoms with Gasteiger partial charge in [-0.25, -0.2) is 0 Å². The molecule has 1 heterocycles. The summed E-state index contributed by atoms with van der Waals surface area (Å²) in [6.07, 6.45) is 12.4. The normalized spacial score (nSPS) is 53.4. The van der Waals surface area contributed by atoms with E-state index in [1.54, 1.807) is 6.21 Å². The Morgan fingerprint density at radius 1 is 1.11 bits per heavy atom. The molecule has 28 heavy (non-hydrogen) atoms. The van der Waals surface area contributed by atoms with Crippen molar-refractivity contribution < 1.29 is 9.53 Å². The number of Topliss-reactive ketones (excluding diaryl/α,β-unsaturated/α-hetero) is 1. The molecule has 9 atom stereocenters. The lowest BCUT2D eigenvalue weighted by atomic mass is 9.43. The quantitative estimate of drug-likeness (QED) is 0.714. The van der Waals surface area contributed by atoms with Crippen molar-refractivity contribution in [3.05, 3.63) is 0 Å². The molecule has 0 radical (unpaired) electrons. The highest BCUT2D eigenvalue weighted by molar-refractivity contribution is 6.01. The summed E-state index contributed by atoms with van der Waals surface area (Å²) in [4.78, 5) is 12.7. The molecule has 4 heteroatoms. The average molecular weight is 387 g/mol. The van der Waals surface area contributed by atoms with Gasteiger partial charge in [-0.3, -0.25) is 4.79 Å². The minimum Gasteiger partial charge on any atom is -0.374 e. The minimum atomic E-state index is -0.408. The van der Waals surface area contributed by atoms with E-state index in [1.807, 2.05) is 0 Å². The first kappa shape index (κ1) is 19.2. The van der Waals surface area contributed by atoms with Crippen LogP contribution in [0.2, 0.25) is 0 Å². The number of ether oxygens (including phenoxy) is 1. The lowest BCUT2D eigenvalue weighted by Gasteiger charge is -2.62. The van der Waals surface area contributed by atoms with Crippen molar-refractivity contribution in [3.8, 4) is 0 Å². The van der Waals surface area contributed by atoms with Gasteiger partial charge >= 0.3 is 0 Å². The fraction of sp³-hybridized carbons (Fsp3) is 0.917. The van der Waals surface area contributed by atoms with Gasteiger partial charge in [0.05, 0.1) is 17.6 Å². The number of hydrogen-bond acceptors (Lipinski definition) is 4. The van der Waals surface area contributed by atoms with Crippen LogP contribution in [0.25, 0.3) is 0 Å². The summed E-state index contributed by atoms with van der Waals surface area (Å²) in [5, 5.41) is 11.5. The molecule has 4 nitrogen and oxygen atoms in total. The van der Waals surface area contributed by atoms with Gasteiger partial charge in [0.15, 0.2) is 0 Å². The summed E-state index contributed by atoms with van der Waals surface area (Å²) >= 11 is 0. The Hall–Kier alpha value is -0.740. The van der Waals surface area contributed by atoms with Crippen molar-refractivity contribution in [1.82, 2.24) is 5.32 Å². The predicted molar refractivity (Wildman–Crippen MR) is 111 cm³/mol. The standard InChI is InChI=1S/C24H38N2O2/c1-15-11-16-12-17(28-18-7-10-26-13-18)5-8-23(16,2)19-6-9-24(14-25)20(22(15)19)3-4-21(24)27/h14-20,22,25-26H,3-13H2,1-2H3/t15-,16?,17?,18-,19+,20+,22-,23+,24-/m1/s1. The third kappa shape index (κ3) is 2.70. The van der Waals surface area contributed by atoms with Crippen LogP contribution in [0.15, 0.2) is 0 Å². The van der Waals surface area contributed by atoms with E-state index in [4.69, 9.17) is 10.1 Å². The van der Waals surface area contributed by atoms with Crippen molar-refractivity contribution in [2.75, 3.05) is 13.1 Å². The number of carbonyl (C=O) groups excluding carboxylic acids is 1. The van der Waals surface area contributed by atoms with E-state index >= 15 is 0 Å². The van der Waals surface area contributed by atoms with Gasteiger partial charge in [0, 0.05) is 19.2 Å². The number of carbonyl (C=O) groups is 1. The Morgan fingerprint density at radius 2 is 1.96 bits per heavy atom. The van der Waals surface area contributed by atoms with E-state index in [0.717, 1.165) is 44.2 Å². The molecule has 0 aromatic heterocycles. The maximum atomic E-state index is 12.7. The van der Waals surface area contributed by atoms with E-state index in [0.29, 0.717) is 47.6 Å². The van der Waals surface area contributed by atoms with Gasteiger partial charge in [0.25, 0.3) is 0 Å². The van der Waals surface area contributed by atoms with Crippen LogP contribution in [0, 0.1) is 45.8 Å². The Balaban J connectivity index is 1.36. The molecule has 2 unspecified atom stereocenters. The van der Waals surface area contributed by atoms with Crippen LogP contribution in [-0.4, -0.2) is 37.3 Å². The molecule has 5 fully saturated rings. The predicted octanol–water partition coefficient (Wildman–Crippen LogP) is 4.22. The maximum Gasteiger partial charge on any atom is 0.144 e. The highest BCUT2D eigenvalue weighted by atomic mass is 16.5. The topological polar surface area (TPSA) is 62.2 Å². The summed E-state index contributed by atoms with van der Waals surface area (Å²) in [6, 6.07) is 0. The fourth-order valence-corrected chi connectivity index (χ4v) is 8.51. The molecule has 4 saturated carbocycles. The number of nitrogens with one attached hydrogen (secondary N) is 2. The van der Waals surface area contributed by atoms with Gasteiger partial charge in [-0.2, -0.15) is 0 Å². The lowest BCUT2D eigenvalue weighted by molar-refractivity contribution is -0.154. The first-order valence-electron chi connectivity index (χ1n) is 11.9. The summed E-state index contributed by atoms with van der Waals surface area (Å²) in [6.45, 7) is 7.16. The molecule has 0 aromatic carbocycles. The summed E-state index contributed by atoms with van der Waals surface area (Å²) in [5.74, 6) is 3.61. The van der Waals surface area contributed by atoms with Gasteiger partial charge in [-0.05, 0) is 92.9 Å². The monoisotopic (exact) mass is 386 g/mol. The van der Waals surface area contributed by atoms with Crippen molar-refractivity contribution in [2.24, 2.45) is 40.4 Å². The van der Waals surface area contributed by atoms with Gasteiger partial charge in [0.1, 0.15) is 5.78 Å². The number of hydrogen-bond donors (Lipinski definition) is 2. The molecule has 0 amide bonds. The maximum absolute atomic E-state index is 12.7. The van der Waals surface area contributed by atoms with Crippen LogP contribution in [0.3, 0.4) is 0 Å². The first-order chi connectivity index (χ1) is 13.5. The first-order valence-corrected chi connectivity index (χ1v) is 11.9. The summed E-state index contributed by atoms with van der Waals surface area (Å²) in [5.41, 5.74) is -0.000796. The number of rotatable bonds is 3. The molecule has 0 spiro atoms. The zero-order chi connectivity index (χ0) is 19.5. The van der Waals surface area contributed by atoms with Crippen LogP contribution in [0.4, 0.5) is 0 Å². The fourth-order valence-electron chi connectivity index (χ4n) is 8.51. The zero-order valence-electron chi connectivity index (χ0n) is 17.7.